The summed E-state index contributed by atoms with van der Waals surface area (Å²) in [6.45, 7) is 7.43. The van der Waals surface area contributed by atoms with Crippen molar-refractivity contribution in [1.29, 1.82) is 0 Å². The van der Waals surface area contributed by atoms with Gasteiger partial charge in [0.05, 0.1) is 7.11 Å². The number of benzene rings is 1. The Labute approximate surface area is 116 Å². The highest BCUT2D eigenvalue weighted by molar-refractivity contribution is 5.37. The zero-order valence-electron chi connectivity index (χ0n) is 12.4. The van der Waals surface area contributed by atoms with Gasteiger partial charge in [0, 0.05) is 12.6 Å². The molecule has 1 aromatic carbocycles. The van der Waals surface area contributed by atoms with Gasteiger partial charge in [-0.15, -0.1) is 0 Å². The van der Waals surface area contributed by atoms with Gasteiger partial charge in [-0.2, -0.15) is 0 Å². The van der Waals surface area contributed by atoms with E-state index in [-0.39, 0.29) is 0 Å². The van der Waals surface area contributed by atoms with Crippen molar-refractivity contribution in [3.63, 3.8) is 0 Å². The maximum atomic E-state index is 6.02. The van der Waals surface area contributed by atoms with Crippen molar-refractivity contribution in [3.8, 4) is 5.75 Å². The summed E-state index contributed by atoms with van der Waals surface area (Å²) in [7, 11) is 1.72. The summed E-state index contributed by atoms with van der Waals surface area (Å²) < 4.78 is 5.33. The fraction of sp³-hybridized carbons (Fsp3) is 0.625. The minimum absolute atomic E-state index is 0.345. The Bertz CT molecular complexity index is 411. The van der Waals surface area contributed by atoms with Gasteiger partial charge < -0.3 is 10.5 Å². The fourth-order valence-electron chi connectivity index (χ4n) is 2.95. The van der Waals surface area contributed by atoms with Crippen molar-refractivity contribution < 1.29 is 4.74 Å². The number of nitrogens with zero attached hydrogens (tertiary/aromatic N) is 1. The van der Waals surface area contributed by atoms with Crippen LogP contribution in [0.1, 0.15) is 36.9 Å². The first-order valence-corrected chi connectivity index (χ1v) is 7.24. The topological polar surface area (TPSA) is 38.5 Å². The molecular formula is C16H26N2O. The standard InChI is InChI=1S/C16H26N2O/c1-12-6-8-18(9-7-12)15(11-17)14-4-5-16(19-3)13(2)10-14/h4-5,10,12,15H,6-9,11,17H2,1-3H3. The number of ether oxygens (including phenoxy) is 1. The van der Waals surface area contributed by atoms with Crippen LogP contribution in [0.2, 0.25) is 0 Å². The molecule has 19 heavy (non-hydrogen) atoms. The van der Waals surface area contributed by atoms with Crippen molar-refractivity contribution in [3.05, 3.63) is 29.3 Å². The SMILES string of the molecule is COc1ccc(C(CN)N2CCC(C)CC2)cc1C. The number of likely N-dealkylation sites (tertiary alicyclic amines) is 1. The number of hydrogen-bond donors (Lipinski definition) is 1. The van der Waals surface area contributed by atoms with Gasteiger partial charge in [0.25, 0.3) is 0 Å². The molecule has 0 radical (unpaired) electrons. The second kappa shape index (κ2) is 6.40. The predicted octanol–water partition coefficient (Wildman–Crippen LogP) is 2.74. The van der Waals surface area contributed by atoms with Crippen molar-refractivity contribution in [2.45, 2.75) is 32.7 Å². The van der Waals surface area contributed by atoms with Gasteiger partial charge in [-0.1, -0.05) is 19.1 Å². The van der Waals surface area contributed by atoms with Crippen molar-refractivity contribution in [1.82, 2.24) is 4.90 Å². The van der Waals surface area contributed by atoms with Crippen LogP contribution >= 0.6 is 0 Å². The third-order valence-corrected chi connectivity index (χ3v) is 4.29. The summed E-state index contributed by atoms with van der Waals surface area (Å²) in [5, 5.41) is 0. The molecule has 0 spiro atoms. The monoisotopic (exact) mass is 262 g/mol. The van der Waals surface area contributed by atoms with E-state index >= 15 is 0 Å². The molecule has 0 aromatic heterocycles. The lowest BCUT2D eigenvalue weighted by molar-refractivity contribution is 0.141. The Morgan fingerprint density at radius 3 is 2.58 bits per heavy atom. The summed E-state index contributed by atoms with van der Waals surface area (Å²) in [4.78, 5) is 2.53. The van der Waals surface area contributed by atoms with Gasteiger partial charge in [0.1, 0.15) is 5.75 Å². The summed E-state index contributed by atoms with van der Waals surface area (Å²) in [5.74, 6) is 1.80. The lowest BCUT2D eigenvalue weighted by Gasteiger charge is -2.36. The smallest absolute Gasteiger partial charge is 0.121 e. The molecule has 0 amide bonds. The van der Waals surface area contributed by atoms with Gasteiger partial charge in [-0.3, -0.25) is 4.90 Å². The molecule has 1 aromatic rings. The number of hydrogen-bond acceptors (Lipinski definition) is 3. The van der Waals surface area contributed by atoms with E-state index in [1.807, 2.05) is 0 Å². The van der Waals surface area contributed by atoms with Gasteiger partial charge in [0.2, 0.25) is 0 Å². The van der Waals surface area contributed by atoms with Gasteiger partial charge in [-0.25, -0.2) is 0 Å². The van der Waals surface area contributed by atoms with E-state index in [2.05, 4.69) is 36.9 Å². The average Bonchev–Trinajstić information content (AvgIpc) is 2.42. The lowest BCUT2D eigenvalue weighted by atomic mass is 9.95. The third-order valence-electron chi connectivity index (χ3n) is 4.29. The zero-order valence-corrected chi connectivity index (χ0v) is 12.4. The summed E-state index contributed by atoms with van der Waals surface area (Å²) in [5.41, 5.74) is 8.52. The van der Waals surface area contributed by atoms with Crippen LogP contribution in [-0.2, 0) is 0 Å². The zero-order chi connectivity index (χ0) is 13.8. The first-order chi connectivity index (χ1) is 9.15. The molecule has 1 fully saturated rings. The molecule has 2 rings (SSSR count). The highest BCUT2D eigenvalue weighted by Gasteiger charge is 2.23. The van der Waals surface area contributed by atoms with Crippen molar-refractivity contribution in [2.24, 2.45) is 11.7 Å². The summed E-state index contributed by atoms with van der Waals surface area (Å²) in [6.07, 6.45) is 2.57. The highest BCUT2D eigenvalue weighted by atomic mass is 16.5. The Hall–Kier alpha value is -1.06. The van der Waals surface area contributed by atoms with E-state index in [0.717, 1.165) is 24.8 Å². The van der Waals surface area contributed by atoms with Crippen LogP contribution in [0, 0.1) is 12.8 Å². The van der Waals surface area contributed by atoms with E-state index in [4.69, 9.17) is 10.5 Å². The molecule has 2 N–H and O–H groups in total. The molecule has 0 saturated carbocycles. The fourth-order valence-corrected chi connectivity index (χ4v) is 2.95. The minimum Gasteiger partial charge on any atom is -0.496 e. The Kier molecular flexibility index (Phi) is 4.83. The third kappa shape index (κ3) is 3.28. The van der Waals surface area contributed by atoms with Gasteiger partial charge in [-0.05, 0) is 56.0 Å². The average molecular weight is 262 g/mol. The van der Waals surface area contributed by atoms with E-state index < -0.39 is 0 Å². The first kappa shape index (κ1) is 14.4. The van der Waals surface area contributed by atoms with Crippen molar-refractivity contribution in [2.75, 3.05) is 26.7 Å². The van der Waals surface area contributed by atoms with E-state index in [1.165, 1.54) is 24.0 Å². The molecule has 0 bridgehead atoms. The normalized spacial score (nSPS) is 19.4. The van der Waals surface area contributed by atoms with Crippen LogP contribution in [0.5, 0.6) is 5.75 Å². The second-order valence-corrected chi connectivity index (χ2v) is 5.70. The second-order valence-electron chi connectivity index (χ2n) is 5.70. The number of rotatable bonds is 4. The maximum Gasteiger partial charge on any atom is 0.121 e. The van der Waals surface area contributed by atoms with E-state index in [0.29, 0.717) is 12.6 Å². The Morgan fingerprint density at radius 1 is 1.37 bits per heavy atom. The van der Waals surface area contributed by atoms with Crippen LogP contribution < -0.4 is 10.5 Å². The van der Waals surface area contributed by atoms with Crippen LogP contribution in [0.3, 0.4) is 0 Å². The number of nitrogens with two attached hydrogens (primary N) is 1. The summed E-state index contributed by atoms with van der Waals surface area (Å²) >= 11 is 0. The highest BCUT2D eigenvalue weighted by Crippen LogP contribution is 2.28. The first-order valence-electron chi connectivity index (χ1n) is 7.24. The molecule has 1 atom stereocenters. The van der Waals surface area contributed by atoms with Crippen LogP contribution in [0.4, 0.5) is 0 Å². The van der Waals surface area contributed by atoms with Crippen molar-refractivity contribution >= 4 is 0 Å². The quantitative estimate of drug-likeness (QED) is 0.906. The number of methoxy groups -OCH3 is 1. The van der Waals surface area contributed by atoms with Gasteiger partial charge >= 0.3 is 0 Å². The van der Waals surface area contributed by atoms with Crippen LogP contribution in [-0.4, -0.2) is 31.6 Å². The summed E-state index contributed by atoms with van der Waals surface area (Å²) in [6, 6.07) is 6.77. The van der Waals surface area contributed by atoms with Crippen LogP contribution in [0.15, 0.2) is 18.2 Å². The molecule has 3 heteroatoms. The molecule has 1 saturated heterocycles. The molecule has 106 valence electrons. The Balaban J connectivity index is 2.15. The molecule has 3 nitrogen and oxygen atoms in total. The molecular weight excluding hydrogens is 236 g/mol. The van der Waals surface area contributed by atoms with Gasteiger partial charge in [0.15, 0.2) is 0 Å². The molecule has 1 aliphatic heterocycles. The maximum absolute atomic E-state index is 6.02. The largest absolute Gasteiger partial charge is 0.496 e. The molecule has 0 aliphatic carbocycles. The predicted molar refractivity (Wildman–Crippen MR) is 79.5 cm³/mol. The number of piperidine rings is 1. The minimum atomic E-state index is 0.345. The lowest BCUT2D eigenvalue weighted by Crippen LogP contribution is -2.39. The molecule has 1 aliphatic rings. The molecule has 1 unspecified atom stereocenters. The van der Waals surface area contributed by atoms with E-state index in [1.54, 1.807) is 7.11 Å². The van der Waals surface area contributed by atoms with Crippen LogP contribution in [0.25, 0.3) is 0 Å². The Morgan fingerprint density at radius 2 is 2.05 bits per heavy atom. The molecule has 1 heterocycles. The number of aryl methyl sites for hydroxylation is 1. The van der Waals surface area contributed by atoms with E-state index in [9.17, 15) is 0 Å².